The van der Waals surface area contributed by atoms with E-state index in [2.05, 4.69) is 27.7 Å². The number of carbonyl (C=O) groups is 2. The van der Waals surface area contributed by atoms with Gasteiger partial charge in [0.15, 0.2) is 0 Å². The average molecular weight is 423 g/mol. The number of carbonyl (C=O) groups excluding carboxylic acids is 1. The molecule has 2 fully saturated rings. The predicted molar refractivity (Wildman–Crippen MR) is 121 cm³/mol. The van der Waals surface area contributed by atoms with Crippen LogP contribution in [-0.2, 0) is 14.3 Å². The Hall–Kier alpha value is -1.06. The Morgan fingerprint density at radius 1 is 1.07 bits per heavy atom. The van der Waals surface area contributed by atoms with Crippen LogP contribution in [-0.4, -0.2) is 23.1 Å². The Kier molecular flexibility index (Phi) is 9.68. The minimum Gasteiger partial charge on any atom is -0.481 e. The van der Waals surface area contributed by atoms with E-state index in [1.165, 1.54) is 32.1 Å². The molecule has 0 amide bonds. The normalized spacial score (nSPS) is 31.2. The van der Waals surface area contributed by atoms with Gasteiger partial charge in [0.05, 0.1) is 11.8 Å². The number of unbranched alkanes of at least 4 members (excludes halogenated alkanes) is 1. The summed E-state index contributed by atoms with van der Waals surface area (Å²) in [6.07, 6.45) is 13.0. The highest BCUT2D eigenvalue weighted by Gasteiger charge is 2.42. The Balaban J connectivity index is 2.03. The van der Waals surface area contributed by atoms with Crippen molar-refractivity contribution >= 4 is 11.9 Å². The molecule has 4 nitrogen and oxygen atoms in total. The molecule has 2 rings (SSSR count). The minimum atomic E-state index is -0.841. The van der Waals surface area contributed by atoms with E-state index in [0.29, 0.717) is 12.3 Å². The molecular formula is C26H46O4. The van der Waals surface area contributed by atoms with Crippen molar-refractivity contribution in [3.8, 4) is 0 Å². The molecule has 2 aliphatic rings. The van der Waals surface area contributed by atoms with Crippen molar-refractivity contribution in [2.75, 3.05) is 0 Å². The predicted octanol–water partition coefficient (Wildman–Crippen LogP) is 6.86. The van der Waals surface area contributed by atoms with Gasteiger partial charge in [-0.05, 0) is 61.7 Å². The molecule has 4 atom stereocenters. The molecule has 0 aromatic carbocycles. The largest absolute Gasteiger partial charge is 0.481 e. The van der Waals surface area contributed by atoms with E-state index >= 15 is 0 Å². The third kappa shape index (κ3) is 7.57. The van der Waals surface area contributed by atoms with Gasteiger partial charge in [-0.25, -0.2) is 0 Å². The SMILES string of the molecule is CCCCC1CCC(C(CCC(C)(C)C)OC(=O)C2CCCC(C)C2C(=O)O)CC1. The van der Waals surface area contributed by atoms with Crippen LogP contribution in [0.5, 0.6) is 0 Å². The average Bonchev–Trinajstić information content (AvgIpc) is 2.68. The topological polar surface area (TPSA) is 63.6 Å². The number of hydrogen-bond acceptors (Lipinski definition) is 3. The van der Waals surface area contributed by atoms with Gasteiger partial charge < -0.3 is 9.84 Å². The lowest BCUT2D eigenvalue weighted by Crippen LogP contribution is -2.41. The molecule has 0 spiro atoms. The van der Waals surface area contributed by atoms with Crippen LogP contribution in [0.4, 0.5) is 0 Å². The van der Waals surface area contributed by atoms with Gasteiger partial charge in [0.2, 0.25) is 0 Å². The summed E-state index contributed by atoms with van der Waals surface area (Å²) in [6, 6.07) is 0. The van der Waals surface area contributed by atoms with Gasteiger partial charge in [-0.15, -0.1) is 0 Å². The number of ether oxygens (including phenoxy) is 1. The Labute approximate surface area is 184 Å². The van der Waals surface area contributed by atoms with Gasteiger partial charge in [0.25, 0.3) is 0 Å². The van der Waals surface area contributed by atoms with Crippen LogP contribution in [0.15, 0.2) is 0 Å². The van der Waals surface area contributed by atoms with Crippen LogP contribution in [0, 0.1) is 35.0 Å². The highest BCUT2D eigenvalue weighted by atomic mass is 16.5. The summed E-state index contributed by atoms with van der Waals surface area (Å²) in [7, 11) is 0. The molecule has 0 bridgehead atoms. The zero-order chi connectivity index (χ0) is 22.3. The lowest BCUT2D eigenvalue weighted by atomic mass is 9.72. The fourth-order valence-corrected chi connectivity index (χ4v) is 5.64. The second-order valence-corrected chi connectivity index (χ2v) is 11.4. The van der Waals surface area contributed by atoms with Crippen LogP contribution >= 0.6 is 0 Å². The van der Waals surface area contributed by atoms with E-state index in [1.807, 2.05) is 6.92 Å². The van der Waals surface area contributed by atoms with Crippen LogP contribution in [0.2, 0.25) is 0 Å². The molecule has 0 heterocycles. The van der Waals surface area contributed by atoms with Crippen molar-refractivity contribution in [3.05, 3.63) is 0 Å². The molecule has 0 aliphatic heterocycles. The smallest absolute Gasteiger partial charge is 0.310 e. The molecule has 30 heavy (non-hydrogen) atoms. The van der Waals surface area contributed by atoms with Gasteiger partial charge in [0, 0.05) is 0 Å². The monoisotopic (exact) mass is 422 g/mol. The Morgan fingerprint density at radius 2 is 1.73 bits per heavy atom. The van der Waals surface area contributed by atoms with Crippen molar-refractivity contribution in [2.24, 2.45) is 35.0 Å². The fraction of sp³-hybridized carbons (Fsp3) is 0.923. The van der Waals surface area contributed by atoms with Crippen LogP contribution in [0.25, 0.3) is 0 Å². The first kappa shape index (κ1) is 25.2. The summed E-state index contributed by atoms with van der Waals surface area (Å²) in [5.74, 6) is -0.874. The molecule has 4 heteroatoms. The number of aliphatic carboxylic acids is 1. The van der Waals surface area contributed by atoms with Gasteiger partial charge in [0.1, 0.15) is 6.10 Å². The van der Waals surface area contributed by atoms with Crippen molar-refractivity contribution in [1.29, 1.82) is 0 Å². The van der Waals surface area contributed by atoms with E-state index in [1.54, 1.807) is 0 Å². The first-order valence-corrected chi connectivity index (χ1v) is 12.6. The summed E-state index contributed by atoms with van der Waals surface area (Å²) in [6.45, 7) is 10.9. The summed E-state index contributed by atoms with van der Waals surface area (Å²) < 4.78 is 6.17. The van der Waals surface area contributed by atoms with E-state index in [-0.39, 0.29) is 23.4 Å². The standard InChI is InChI=1S/C26H46O4/c1-6-7-10-19-12-14-20(15-13-19)22(16-17-26(3,4)5)30-25(29)21-11-8-9-18(2)23(21)24(27)28/h18-23H,6-17H2,1-5H3,(H,27,28). The molecule has 0 aromatic heterocycles. The maximum absolute atomic E-state index is 13.2. The zero-order valence-electron chi connectivity index (χ0n) is 20.1. The first-order chi connectivity index (χ1) is 14.1. The summed E-state index contributed by atoms with van der Waals surface area (Å²) in [5.41, 5.74) is 0.200. The number of carboxylic acid groups (broad SMARTS) is 1. The second kappa shape index (κ2) is 11.5. The van der Waals surface area contributed by atoms with E-state index in [9.17, 15) is 14.7 Å². The summed E-state index contributed by atoms with van der Waals surface area (Å²) in [4.78, 5) is 25.0. The number of esters is 1. The van der Waals surface area contributed by atoms with Crippen LogP contribution < -0.4 is 0 Å². The van der Waals surface area contributed by atoms with Crippen molar-refractivity contribution in [3.63, 3.8) is 0 Å². The summed E-state index contributed by atoms with van der Waals surface area (Å²) >= 11 is 0. The molecule has 2 saturated carbocycles. The zero-order valence-corrected chi connectivity index (χ0v) is 20.1. The number of carboxylic acids is 1. The van der Waals surface area contributed by atoms with Gasteiger partial charge in [-0.1, -0.05) is 73.1 Å². The summed E-state index contributed by atoms with van der Waals surface area (Å²) in [5, 5.41) is 9.71. The molecule has 2 aliphatic carbocycles. The van der Waals surface area contributed by atoms with Crippen LogP contribution in [0.3, 0.4) is 0 Å². The molecular weight excluding hydrogens is 376 g/mol. The van der Waals surface area contributed by atoms with E-state index < -0.39 is 17.8 Å². The fourth-order valence-electron chi connectivity index (χ4n) is 5.64. The molecule has 0 saturated heterocycles. The van der Waals surface area contributed by atoms with Gasteiger partial charge >= 0.3 is 11.9 Å². The third-order valence-corrected chi connectivity index (χ3v) is 7.64. The highest BCUT2D eigenvalue weighted by molar-refractivity contribution is 5.81. The third-order valence-electron chi connectivity index (χ3n) is 7.64. The maximum Gasteiger partial charge on any atom is 0.310 e. The molecule has 0 aromatic rings. The van der Waals surface area contributed by atoms with E-state index in [4.69, 9.17) is 4.74 Å². The Bertz CT molecular complexity index is 542. The van der Waals surface area contributed by atoms with Crippen molar-refractivity contribution in [2.45, 2.75) is 118 Å². The van der Waals surface area contributed by atoms with Gasteiger partial charge in [-0.3, -0.25) is 9.59 Å². The number of rotatable bonds is 9. The minimum absolute atomic E-state index is 0.0378. The highest BCUT2D eigenvalue weighted by Crippen LogP contribution is 2.39. The Morgan fingerprint density at radius 3 is 2.30 bits per heavy atom. The van der Waals surface area contributed by atoms with Gasteiger partial charge in [-0.2, -0.15) is 0 Å². The second-order valence-electron chi connectivity index (χ2n) is 11.4. The van der Waals surface area contributed by atoms with Crippen molar-refractivity contribution < 1.29 is 19.4 Å². The van der Waals surface area contributed by atoms with Crippen LogP contribution in [0.1, 0.15) is 112 Å². The quantitative estimate of drug-likeness (QED) is 0.412. The first-order valence-electron chi connectivity index (χ1n) is 12.6. The molecule has 1 N–H and O–H groups in total. The van der Waals surface area contributed by atoms with E-state index in [0.717, 1.165) is 44.4 Å². The molecule has 4 unspecified atom stereocenters. The lowest BCUT2D eigenvalue weighted by molar-refractivity contribution is -0.169. The molecule has 0 radical (unpaired) electrons. The lowest BCUT2D eigenvalue weighted by Gasteiger charge is -2.37. The van der Waals surface area contributed by atoms with Crippen molar-refractivity contribution in [1.82, 2.24) is 0 Å². The maximum atomic E-state index is 13.2. The molecule has 174 valence electrons. The number of hydrogen-bond donors (Lipinski definition) is 1.